The molecule has 48 heavy (non-hydrogen) atoms. The molecule has 0 amide bonds. The van der Waals surface area contributed by atoms with Crippen molar-refractivity contribution >= 4 is 37.9 Å². The molecule has 0 fully saturated rings. The fourth-order valence-electron chi connectivity index (χ4n) is 7.10. The van der Waals surface area contributed by atoms with Gasteiger partial charge in [-0.25, -0.2) is 15.0 Å². The SMILES string of the molecule is C1=CC(c2cccc(-c3nc(-c4ccccc4)nc(-c4ccccc4-c4cccc5c6ccccc6c6ccccc6c45)n3)c2)=CCC1. The molecule has 1 heterocycles. The van der Waals surface area contributed by atoms with Crippen molar-refractivity contribution in [1.29, 1.82) is 0 Å². The van der Waals surface area contributed by atoms with E-state index in [1.807, 2.05) is 18.2 Å². The van der Waals surface area contributed by atoms with Crippen molar-refractivity contribution < 1.29 is 0 Å². The molecule has 1 aliphatic carbocycles. The third-order valence-electron chi connectivity index (χ3n) is 9.34. The highest BCUT2D eigenvalue weighted by molar-refractivity contribution is 6.28. The van der Waals surface area contributed by atoms with Gasteiger partial charge in [0.05, 0.1) is 0 Å². The summed E-state index contributed by atoms with van der Waals surface area (Å²) < 4.78 is 0. The summed E-state index contributed by atoms with van der Waals surface area (Å²) in [5, 5.41) is 7.48. The van der Waals surface area contributed by atoms with E-state index in [1.54, 1.807) is 0 Å². The molecule has 3 nitrogen and oxygen atoms in total. The van der Waals surface area contributed by atoms with Crippen LogP contribution in [0.4, 0.5) is 0 Å². The fourth-order valence-corrected chi connectivity index (χ4v) is 7.10. The second-order valence-electron chi connectivity index (χ2n) is 12.3. The number of fused-ring (bicyclic) bond motifs is 6. The summed E-state index contributed by atoms with van der Waals surface area (Å²) in [6, 6.07) is 51.4. The third kappa shape index (κ3) is 4.88. The molecule has 8 aromatic rings. The minimum absolute atomic E-state index is 0.652. The molecule has 0 saturated heterocycles. The Morgan fingerprint density at radius 2 is 0.896 bits per heavy atom. The Morgan fingerprint density at radius 3 is 1.62 bits per heavy atom. The van der Waals surface area contributed by atoms with E-state index >= 15 is 0 Å². The molecule has 0 aliphatic heterocycles. The third-order valence-corrected chi connectivity index (χ3v) is 9.34. The highest BCUT2D eigenvalue weighted by atomic mass is 15.0. The van der Waals surface area contributed by atoms with Gasteiger partial charge in [-0.2, -0.15) is 0 Å². The van der Waals surface area contributed by atoms with Crippen molar-refractivity contribution in [2.24, 2.45) is 0 Å². The molecule has 226 valence electrons. The Balaban J connectivity index is 1.29. The second kappa shape index (κ2) is 11.9. The van der Waals surface area contributed by atoms with Crippen LogP contribution in [-0.4, -0.2) is 15.0 Å². The summed E-state index contributed by atoms with van der Waals surface area (Å²) >= 11 is 0. The van der Waals surface area contributed by atoms with Crippen LogP contribution in [0.2, 0.25) is 0 Å². The first-order valence-corrected chi connectivity index (χ1v) is 16.5. The maximum Gasteiger partial charge on any atom is 0.164 e. The number of allylic oxidation sites excluding steroid dienone is 4. The van der Waals surface area contributed by atoms with Crippen molar-refractivity contribution in [3.05, 3.63) is 169 Å². The lowest BCUT2D eigenvalue weighted by molar-refractivity contribution is 1.04. The average molecular weight is 614 g/mol. The lowest BCUT2D eigenvalue weighted by Crippen LogP contribution is -2.01. The predicted molar refractivity (Wildman–Crippen MR) is 200 cm³/mol. The normalized spacial score (nSPS) is 12.9. The van der Waals surface area contributed by atoms with Gasteiger partial charge in [-0.15, -0.1) is 0 Å². The van der Waals surface area contributed by atoms with E-state index in [1.165, 1.54) is 43.5 Å². The highest BCUT2D eigenvalue weighted by Gasteiger charge is 2.19. The number of benzene rings is 7. The molecule has 0 unspecified atom stereocenters. The first-order valence-electron chi connectivity index (χ1n) is 16.5. The topological polar surface area (TPSA) is 38.7 Å². The summed E-state index contributed by atoms with van der Waals surface area (Å²) in [5.74, 6) is 1.96. The molecular formula is C45H31N3. The minimum Gasteiger partial charge on any atom is -0.208 e. The number of rotatable bonds is 5. The fraction of sp³-hybridized carbons (Fsp3) is 0.0444. The Bertz CT molecular complexity index is 2520. The van der Waals surface area contributed by atoms with Crippen LogP contribution in [0.25, 0.3) is 83.2 Å². The molecule has 0 bridgehead atoms. The number of aromatic nitrogens is 3. The Labute approximate surface area is 279 Å². The minimum atomic E-state index is 0.652. The van der Waals surface area contributed by atoms with Gasteiger partial charge in [0, 0.05) is 16.7 Å². The van der Waals surface area contributed by atoms with Gasteiger partial charge in [0.25, 0.3) is 0 Å². The molecule has 0 saturated carbocycles. The highest BCUT2D eigenvalue weighted by Crippen LogP contribution is 2.42. The Hall–Kier alpha value is -6.19. The van der Waals surface area contributed by atoms with Crippen LogP contribution in [0.15, 0.2) is 164 Å². The largest absolute Gasteiger partial charge is 0.208 e. The van der Waals surface area contributed by atoms with E-state index in [2.05, 4.69) is 146 Å². The van der Waals surface area contributed by atoms with Gasteiger partial charge in [0.15, 0.2) is 17.5 Å². The van der Waals surface area contributed by atoms with Crippen LogP contribution in [0.1, 0.15) is 18.4 Å². The maximum atomic E-state index is 5.20. The first-order chi connectivity index (χ1) is 23.8. The van der Waals surface area contributed by atoms with Gasteiger partial charge < -0.3 is 0 Å². The van der Waals surface area contributed by atoms with Gasteiger partial charge >= 0.3 is 0 Å². The summed E-state index contributed by atoms with van der Waals surface area (Å²) in [4.78, 5) is 15.4. The smallest absolute Gasteiger partial charge is 0.164 e. The van der Waals surface area contributed by atoms with Gasteiger partial charge in [-0.1, -0.05) is 158 Å². The summed E-state index contributed by atoms with van der Waals surface area (Å²) in [7, 11) is 0. The van der Waals surface area contributed by atoms with E-state index in [9.17, 15) is 0 Å². The van der Waals surface area contributed by atoms with Crippen LogP contribution in [0.5, 0.6) is 0 Å². The molecule has 3 heteroatoms. The van der Waals surface area contributed by atoms with Crippen LogP contribution < -0.4 is 0 Å². The first kappa shape index (κ1) is 28.1. The molecule has 7 aromatic carbocycles. The molecule has 0 atom stereocenters. The van der Waals surface area contributed by atoms with Gasteiger partial charge in [0.2, 0.25) is 0 Å². The van der Waals surface area contributed by atoms with E-state index in [4.69, 9.17) is 15.0 Å². The molecule has 1 aliphatic rings. The molecule has 0 radical (unpaired) electrons. The van der Waals surface area contributed by atoms with Gasteiger partial charge in [0.1, 0.15) is 0 Å². The quantitative estimate of drug-likeness (QED) is 0.181. The van der Waals surface area contributed by atoms with Crippen molar-refractivity contribution in [2.45, 2.75) is 12.8 Å². The number of nitrogens with zero attached hydrogens (tertiary/aromatic N) is 3. The van der Waals surface area contributed by atoms with E-state index in [0.29, 0.717) is 17.5 Å². The van der Waals surface area contributed by atoms with Gasteiger partial charge in [-0.05, 0) is 73.5 Å². The number of hydrogen-bond acceptors (Lipinski definition) is 3. The van der Waals surface area contributed by atoms with Gasteiger partial charge in [-0.3, -0.25) is 0 Å². The van der Waals surface area contributed by atoms with Crippen LogP contribution in [0.3, 0.4) is 0 Å². The summed E-state index contributed by atoms with van der Waals surface area (Å²) in [6.07, 6.45) is 8.90. The molecule has 9 rings (SSSR count). The van der Waals surface area contributed by atoms with Crippen molar-refractivity contribution in [2.75, 3.05) is 0 Å². The lowest BCUT2D eigenvalue weighted by atomic mass is 9.88. The van der Waals surface area contributed by atoms with Crippen LogP contribution >= 0.6 is 0 Å². The van der Waals surface area contributed by atoms with Crippen molar-refractivity contribution in [3.63, 3.8) is 0 Å². The lowest BCUT2D eigenvalue weighted by Gasteiger charge is -2.17. The van der Waals surface area contributed by atoms with Crippen LogP contribution in [0, 0.1) is 0 Å². The number of hydrogen-bond donors (Lipinski definition) is 0. The maximum absolute atomic E-state index is 5.20. The molecule has 1 aromatic heterocycles. The molecular weight excluding hydrogens is 583 g/mol. The predicted octanol–water partition coefficient (Wildman–Crippen LogP) is 11.7. The average Bonchev–Trinajstić information content (AvgIpc) is 3.18. The second-order valence-corrected chi connectivity index (χ2v) is 12.3. The van der Waals surface area contributed by atoms with Crippen molar-refractivity contribution in [1.82, 2.24) is 15.0 Å². The Morgan fingerprint density at radius 1 is 0.375 bits per heavy atom. The Kier molecular flexibility index (Phi) is 6.94. The van der Waals surface area contributed by atoms with E-state index in [0.717, 1.165) is 40.7 Å². The van der Waals surface area contributed by atoms with E-state index in [-0.39, 0.29) is 0 Å². The van der Waals surface area contributed by atoms with Crippen molar-refractivity contribution in [3.8, 4) is 45.3 Å². The summed E-state index contributed by atoms with van der Waals surface area (Å²) in [5.41, 5.74) is 7.54. The van der Waals surface area contributed by atoms with E-state index < -0.39 is 0 Å². The molecule has 0 spiro atoms. The standard InChI is InChI=1S/C45H31N3/c1-3-15-30(16-4-1)32-19-13-20-33(29-32)44-46-43(31-17-5-2-6-18-31)47-45(48-44)41-26-12-10-24-37(41)40-28-14-27-39-36-22-8-7-21-34(36)35-23-9-11-25-38(35)42(39)40/h2-3,5-29H,1,4H2. The molecule has 0 N–H and O–H groups in total. The van der Waals surface area contributed by atoms with Crippen LogP contribution in [-0.2, 0) is 0 Å². The monoisotopic (exact) mass is 613 g/mol. The zero-order chi connectivity index (χ0) is 31.9. The zero-order valence-corrected chi connectivity index (χ0v) is 26.3. The zero-order valence-electron chi connectivity index (χ0n) is 26.3. The summed E-state index contributed by atoms with van der Waals surface area (Å²) in [6.45, 7) is 0.